The van der Waals surface area contributed by atoms with Crippen molar-refractivity contribution in [3.63, 3.8) is 0 Å². The fourth-order valence-electron chi connectivity index (χ4n) is 3.11. The molecular formula is C14H21N5O5. The summed E-state index contributed by atoms with van der Waals surface area (Å²) in [6.07, 6.45) is -3.23. The van der Waals surface area contributed by atoms with E-state index in [2.05, 4.69) is 9.97 Å². The van der Waals surface area contributed by atoms with Crippen LogP contribution in [-0.4, -0.2) is 59.4 Å². The minimum absolute atomic E-state index is 0.132. The number of rotatable bonds is 3. The minimum Gasteiger partial charge on any atom is -0.394 e. The summed E-state index contributed by atoms with van der Waals surface area (Å²) in [5, 5.41) is 40.3. The zero-order valence-electron chi connectivity index (χ0n) is 13.3. The molecule has 0 bridgehead atoms. The highest BCUT2D eigenvalue weighted by Gasteiger charge is 2.53. The standard InChI is InChI=1S/C14H21N5O5/c1-5-17-10(15)8-6(11(16)22)3-19(12(8)18-5)13-14(2,23)9(21)7(4-20)24-13/h3,7,9,11,13,20-23H,4,16H2,1-2H3,(H2,15,17,18)/t7-,9-,11?,13-,14-/m1/s1. The Morgan fingerprint density at radius 3 is 2.67 bits per heavy atom. The number of aryl methyl sites for hydroxylation is 1. The lowest BCUT2D eigenvalue weighted by atomic mass is 9.96. The molecule has 3 heterocycles. The van der Waals surface area contributed by atoms with Crippen molar-refractivity contribution in [2.24, 2.45) is 5.73 Å². The van der Waals surface area contributed by atoms with E-state index in [0.29, 0.717) is 16.9 Å². The van der Waals surface area contributed by atoms with Crippen molar-refractivity contribution in [1.82, 2.24) is 14.5 Å². The molecule has 8 N–H and O–H groups in total. The highest BCUT2D eigenvalue weighted by atomic mass is 16.6. The Balaban J connectivity index is 2.24. The minimum atomic E-state index is -1.70. The molecule has 0 aromatic carbocycles. The topological polar surface area (TPSA) is 173 Å². The first-order valence-corrected chi connectivity index (χ1v) is 7.43. The van der Waals surface area contributed by atoms with Gasteiger partial charge in [0.15, 0.2) is 6.23 Å². The first-order valence-electron chi connectivity index (χ1n) is 7.43. The summed E-state index contributed by atoms with van der Waals surface area (Å²) in [4.78, 5) is 8.36. The van der Waals surface area contributed by atoms with E-state index in [1.54, 1.807) is 6.92 Å². The van der Waals surface area contributed by atoms with Gasteiger partial charge < -0.3 is 41.2 Å². The summed E-state index contributed by atoms with van der Waals surface area (Å²) < 4.78 is 7.03. The second-order valence-electron chi connectivity index (χ2n) is 6.17. The fraction of sp³-hybridized carbons (Fsp3) is 0.571. The van der Waals surface area contributed by atoms with Gasteiger partial charge in [0, 0.05) is 11.8 Å². The summed E-state index contributed by atoms with van der Waals surface area (Å²) in [6, 6.07) is 0. The molecule has 24 heavy (non-hydrogen) atoms. The number of aliphatic hydroxyl groups excluding tert-OH is 3. The van der Waals surface area contributed by atoms with E-state index in [1.807, 2.05) is 0 Å². The Kier molecular flexibility index (Phi) is 3.98. The number of ether oxygens (including phenoxy) is 1. The lowest BCUT2D eigenvalue weighted by Gasteiger charge is -2.27. The zero-order chi connectivity index (χ0) is 17.8. The maximum absolute atomic E-state index is 10.6. The van der Waals surface area contributed by atoms with Crippen LogP contribution in [0.5, 0.6) is 0 Å². The first kappa shape index (κ1) is 17.0. The SMILES string of the molecule is Cc1nc(N)c2c(C(N)O)cn([C@@H]3O[C@H](CO)[C@@H](O)[C@@]3(C)O)c2n1. The molecule has 1 aliphatic heterocycles. The molecule has 5 atom stereocenters. The average molecular weight is 339 g/mol. The predicted octanol–water partition coefficient (Wildman–Crippen LogP) is -1.73. The van der Waals surface area contributed by atoms with Gasteiger partial charge in [-0.3, -0.25) is 0 Å². The van der Waals surface area contributed by atoms with Crippen LogP contribution in [-0.2, 0) is 4.74 Å². The monoisotopic (exact) mass is 339 g/mol. The van der Waals surface area contributed by atoms with Crippen LogP contribution in [0.25, 0.3) is 11.0 Å². The number of fused-ring (bicyclic) bond motifs is 1. The van der Waals surface area contributed by atoms with Crippen molar-refractivity contribution in [3.8, 4) is 0 Å². The number of aliphatic hydroxyl groups is 4. The van der Waals surface area contributed by atoms with Gasteiger partial charge in [0.05, 0.1) is 12.0 Å². The van der Waals surface area contributed by atoms with Crippen LogP contribution in [0.2, 0.25) is 0 Å². The zero-order valence-corrected chi connectivity index (χ0v) is 13.3. The Morgan fingerprint density at radius 2 is 2.12 bits per heavy atom. The number of nitrogens with two attached hydrogens (primary N) is 2. The molecule has 1 saturated heterocycles. The van der Waals surface area contributed by atoms with Gasteiger partial charge in [-0.15, -0.1) is 0 Å². The van der Waals surface area contributed by atoms with Gasteiger partial charge in [0.2, 0.25) is 0 Å². The molecule has 0 aliphatic carbocycles. The van der Waals surface area contributed by atoms with Gasteiger partial charge in [-0.1, -0.05) is 0 Å². The summed E-state index contributed by atoms with van der Waals surface area (Å²) in [6.45, 7) is 2.57. The number of nitrogen functional groups attached to an aromatic ring is 1. The van der Waals surface area contributed by atoms with Crippen LogP contribution in [0.3, 0.4) is 0 Å². The summed E-state index contributed by atoms with van der Waals surface area (Å²) in [5.74, 6) is 0.516. The maximum atomic E-state index is 10.6. The highest BCUT2D eigenvalue weighted by molar-refractivity contribution is 5.90. The van der Waals surface area contributed by atoms with Crippen LogP contribution in [0.4, 0.5) is 5.82 Å². The normalized spacial score (nSPS) is 31.7. The number of nitrogens with zero attached hydrogens (tertiary/aromatic N) is 3. The largest absolute Gasteiger partial charge is 0.394 e. The number of aromatic nitrogens is 3. The molecule has 1 aliphatic rings. The van der Waals surface area contributed by atoms with E-state index >= 15 is 0 Å². The number of hydrogen-bond donors (Lipinski definition) is 6. The van der Waals surface area contributed by atoms with Crippen molar-refractivity contribution >= 4 is 16.9 Å². The summed E-state index contributed by atoms with van der Waals surface area (Å²) in [7, 11) is 0. The molecule has 1 fully saturated rings. The van der Waals surface area contributed by atoms with E-state index in [4.69, 9.17) is 16.2 Å². The number of anilines is 1. The van der Waals surface area contributed by atoms with Gasteiger partial charge in [0.25, 0.3) is 0 Å². The molecule has 0 saturated carbocycles. The average Bonchev–Trinajstić information content (AvgIpc) is 2.96. The molecule has 0 spiro atoms. The van der Waals surface area contributed by atoms with Gasteiger partial charge in [-0.05, 0) is 13.8 Å². The van der Waals surface area contributed by atoms with E-state index in [-0.39, 0.29) is 11.4 Å². The van der Waals surface area contributed by atoms with E-state index < -0.39 is 36.9 Å². The molecule has 0 amide bonds. The van der Waals surface area contributed by atoms with Crippen molar-refractivity contribution in [2.75, 3.05) is 12.3 Å². The second-order valence-corrected chi connectivity index (χ2v) is 6.17. The van der Waals surface area contributed by atoms with Crippen LogP contribution in [0.15, 0.2) is 6.20 Å². The molecule has 3 rings (SSSR count). The Hall–Kier alpha value is -1.82. The van der Waals surface area contributed by atoms with Crippen molar-refractivity contribution in [2.45, 2.75) is 44.1 Å². The Labute approximate surface area is 137 Å². The number of hydrogen-bond acceptors (Lipinski definition) is 9. The molecule has 0 radical (unpaired) electrons. The van der Waals surface area contributed by atoms with Crippen LogP contribution in [0.1, 0.15) is 30.8 Å². The smallest absolute Gasteiger partial charge is 0.167 e. The van der Waals surface area contributed by atoms with Gasteiger partial charge in [-0.2, -0.15) is 0 Å². The lowest BCUT2D eigenvalue weighted by molar-refractivity contribution is -0.0949. The molecular weight excluding hydrogens is 318 g/mol. The third kappa shape index (κ3) is 2.35. The van der Waals surface area contributed by atoms with Crippen molar-refractivity contribution in [1.29, 1.82) is 0 Å². The van der Waals surface area contributed by atoms with E-state index in [1.165, 1.54) is 17.7 Å². The molecule has 132 valence electrons. The van der Waals surface area contributed by atoms with Crippen molar-refractivity contribution < 1.29 is 25.2 Å². The quantitative estimate of drug-likeness (QED) is 0.355. The molecule has 10 nitrogen and oxygen atoms in total. The fourth-order valence-corrected chi connectivity index (χ4v) is 3.11. The first-order chi connectivity index (χ1) is 11.2. The predicted molar refractivity (Wildman–Crippen MR) is 83.5 cm³/mol. The van der Waals surface area contributed by atoms with E-state index in [9.17, 15) is 20.4 Å². The van der Waals surface area contributed by atoms with Crippen LogP contribution < -0.4 is 11.5 Å². The van der Waals surface area contributed by atoms with Crippen LogP contribution >= 0.6 is 0 Å². The maximum Gasteiger partial charge on any atom is 0.167 e. The lowest BCUT2D eigenvalue weighted by Crippen LogP contribution is -2.44. The third-order valence-electron chi connectivity index (χ3n) is 4.35. The molecule has 10 heteroatoms. The molecule has 2 aromatic rings. The Bertz CT molecular complexity index is 774. The van der Waals surface area contributed by atoms with Crippen LogP contribution in [0, 0.1) is 6.92 Å². The van der Waals surface area contributed by atoms with E-state index in [0.717, 1.165) is 0 Å². The molecule has 2 aromatic heterocycles. The van der Waals surface area contributed by atoms with Gasteiger partial charge in [-0.25, -0.2) is 9.97 Å². The second kappa shape index (κ2) is 5.62. The van der Waals surface area contributed by atoms with Gasteiger partial charge in [0.1, 0.15) is 41.3 Å². The van der Waals surface area contributed by atoms with Gasteiger partial charge >= 0.3 is 0 Å². The van der Waals surface area contributed by atoms with Crippen molar-refractivity contribution in [3.05, 3.63) is 17.6 Å². The highest BCUT2D eigenvalue weighted by Crippen LogP contribution is 2.41. The third-order valence-corrected chi connectivity index (χ3v) is 4.35. The summed E-state index contributed by atoms with van der Waals surface area (Å²) >= 11 is 0. The Morgan fingerprint density at radius 1 is 1.46 bits per heavy atom. The molecule has 1 unspecified atom stereocenters. The summed E-state index contributed by atoms with van der Waals surface area (Å²) in [5.41, 5.74) is 10.4.